The van der Waals surface area contributed by atoms with Gasteiger partial charge in [-0.15, -0.1) is 0 Å². The van der Waals surface area contributed by atoms with Crippen LogP contribution in [-0.2, 0) is 9.53 Å². The number of nitrogens with one attached hydrogen (secondary N) is 1. The summed E-state index contributed by atoms with van der Waals surface area (Å²) in [5.74, 6) is 1.71. The van der Waals surface area contributed by atoms with E-state index < -0.39 is 0 Å². The van der Waals surface area contributed by atoms with Crippen LogP contribution in [0.25, 0.3) is 11.1 Å². The minimum Gasteiger partial charge on any atom is -0.496 e. The van der Waals surface area contributed by atoms with Crippen LogP contribution < -0.4 is 10.1 Å². The summed E-state index contributed by atoms with van der Waals surface area (Å²) in [7, 11) is 1.71. The predicted octanol–water partition coefficient (Wildman–Crippen LogP) is 4.74. The standard InChI is InChI=1S/C28H35NO4/c1-27(2)18-16-22-25(33-15-13-28(22,17-18)26(27)29-24(31)12-14-30)21-10-5-4-8-19(21)20-9-6-7-11-23(20)32-3/h4-11,18,22,25-26,30H,12-17H2,1-3H3,(H,29,31)/t18-,22-,25-,26+,28?/m1/s1. The van der Waals surface area contributed by atoms with Crippen molar-refractivity contribution in [1.29, 1.82) is 0 Å². The third-order valence-corrected chi connectivity index (χ3v) is 8.81. The van der Waals surface area contributed by atoms with E-state index in [0.717, 1.165) is 36.1 Å². The molecule has 2 bridgehead atoms. The second-order valence-corrected chi connectivity index (χ2v) is 10.6. The van der Waals surface area contributed by atoms with E-state index in [1.54, 1.807) is 7.11 Å². The molecule has 1 unspecified atom stereocenters. The Morgan fingerprint density at radius 1 is 1.15 bits per heavy atom. The minimum atomic E-state index is -0.114. The fourth-order valence-corrected chi connectivity index (χ4v) is 7.29. The Bertz CT molecular complexity index is 1030. The fourth-order valence-electron chi connectivity index (χ4n) is 7.29. The molecular weight excluding hydrogens is 414 g/mol. The zero-order valence-electron chi connectivity index (χ0n) is 19.8. The lowest BCUT2D eigenvalue weighted by Crippen LogP contribution is -2.59. The molecule has 5 heteroatoms. The van der Waals surface area contributed by atoms with Crippen LogP contribution in [0.1, 0.15) is 51.2 Å². The summed E-state index contributed by atoms with van der Waals surface area (Å²) in [6.07, 6.45) is 3.36. The number of rotatable bonds is 6. The van der Waals surface area contributed by atoms with Crippen LogP contribution >= 0.6 is 0 Å². The highest BCUT2D eigenvalue weighted by molar-refractivity contribution is 5.77. The lowest BCUT2D eigenvalue weighted by Gasteiger charge is -2.53. The van der Waals surface area contributed by atoms with Crippen molar-refractivity contribution in [2.75, 3.05) is 20.3 Å². The zero-order valence-corrected chi connectivity index (χ0v) is 19.8. The zero-order chi connectivity index (χ0) is 23.2. The van der Waals surface area contributed by atoms with E-state index in [2.05, 4.69) is 49.5 Å². The van der Waals surface area contributed by atoms with Gasteiger partial charge >= 0.3 is 0 Å². The molecule has 1 saturated heterocycles. The van der Waals surface area contributed by atoms with E-state index in [4.69, 9.17) is 9.47 Å². The molecule has 0 aromatic heterocycles. The molecule has 1 spiro atoms. The van der Waals surface area contributed by atoms with Gasteiger partial charge in [0.25, 0.3) is 0 Å². The summed E-state index contributed by atoms with van der Waals surface area (Å²) in [5.41, 5.74) is 3.49. The Balaban J connectivity index is 1.54. The number of fused-ring (bicyclic) bond motifs is 1. The first kappa shape index (κ1) is 22.4. The first-order valence-electron chi connectivity index (χ1n) is 12.2. The smallest absolute Gasteiger partial charge is 0.222 e. The van der Waals surface area contributed by atoms with Gasteiger partial charge in [-0.1, -0.05) is 56.3 Å². The van der Waals surface area contributed by atoms with Crippen molar-refractivity contribution in [3.05, 3.63) is 54.1 Å². The number of amides is 1. The maximum atomic E-state index is 12.6. The predicted molar refractivity (Wildman–Crippen MR) is 128 cm³/mol. The highest BCUT2D eigenvalue weighted by atomic mass is 16.5. The van der Waals surface area contributed by atoms with E-state index in [1.807, 2.05) is 18.2 Å². The van der Waals surface area contributed by atoms with Gasteiger partial charge in [0.1, 0.15) is 5.75 Å². The Kier molecular flexibility index (Phi) is 5.74. The van der Waals surface area contributed by atoms with Crippen LogP contribution in [0.3, 0.4) is 0 Å². The van der Waals surface area contributed by atoms with Crippen molar-refractivity contribution in [2.45, 2.75) is 51.7 Å². The van der Waals surface area contributed by atoms with Gasteiger partial charge in [-0.2, -0.15) is 0 Å². The summed E-state index contributed by atoms with van der Waals surface area (Å²) in [6.45, 7) is 5.19. The second-order valence-electron chi connectivity index (χ2n) is 10.6. The number of carbonyl (C=O) groups is 1. The number of hydrogen-bond acceptors (Lipinski definition) is 4. The van der Waals surface area contributed by atoms with Crippen molar-refractivity contribution in [3.8, 4) is 16.9 Å². The van der Waals surface area contributed by atoms with E-state index in [9.17, 15) is 9.90 Å². The van der Waals surface area contributed by atoms with Gasteiger partial charge in [-0.3, -0.25) is 4.79 Å². The highest BCUT2D eigenvalue weighted by Crippen LogP contribution is 2.70. The maximum absolute atomic E-state index is 12.6. The number of methoxy groups -OCH3 is 1. The molecule has 2 saturated carbocycles. The molecule has 2 aromatic rings. The Morgan fingerprint density at radius 2 is 1.88 bits per heavy atom. The van der Waals surface area contributed by atoms with Crippen LogP contribution in [-0.4, -0.2) is 37.4 Å². The molecule has 2 N–H and O–H groups in total. The van der Waals surface area contributed by atoms with Crippen LogP contribution in [0, 0.1) is 22.7 Å². The molecule has 2 aliphatic carbocycles. The average molecular weight is 450 g/mol. The van der Waals surface area contributed by atoms with E-state index >= 15 is 0 Å². The highest BCUT2D eigenvalue weighted by Gasteiger charge is 2.68. The molecule has 5 nitrogen and oxygen atoms in total. The lowest BCUT2D eigenvalue weighted by molar-refractivity contribution is -0.137. The second kappa shape index (κ2) is 8.44. The molecule has 1 heterocycles. The molecule has 0 radical (unpaired) electrons. The van der Waals surface area contributed by atoms with Gasteiger partial charge in [-0.05, 0) is 59.1 Å². The largest absolute Gasteiger partial charge is 0.496 e. The van der Waals surface area contributed by atoms with Crippen molar-refractivity contribution < 1.29 is 19.4 Å². The third-order valence-electron chi connectivity index (χ3n) is 8.81. The number of para-hydroxylation sites is 1. The quantitative estimate of drug-likeness (QED) is 0.668. The topological polar surface area (TPSA) is 67.8 Å². The van der Waals surface area contributed by atoms with Crippen molar-refractivity contribution in [3.63, 3.8) is 0 Å². The molecule has 2 aromatic carbocycles. The third kappa shape index (κ3) is 3.48. The summed E-state index contributed by atoms with van der Waals surface area (Å²) in [4.78, 5) is 12.6. The van der Waals surface area contributed by atoms with Crippen molar-refractivity contribution in [2.24, 2.45) is 22.7 Å². The molecule has 1 aliphatic heterocycles. The van der Waals surface area contributed by atoms with Gasteiger partial charge < -0.3 is 19.9 Å². The number of aliphatic hydroxyl groups is 1. The summed E-state index contributed by atoms with van der Waals surface area (Å²) in [5, 5.41) is 12.6. The number of benzene rings is 2. The fraction of sp³-hybridized carbons (Fsp3) is 0.536. The number of aliphatic hydroxyl groups excluding tert-OH is 1. The van der Waals surface area contributed by atoms with Crippen LogP contribution in [0.5, 0.6) is 5.75 Å². The normalized spacial score (nSPS) is 31.8. The van der Waals surface area contributed by atoms with Crippen LogP contribution in [0.4, 0.5) is 0 Å². The molecule has 3 aliphatic rings. The minimum absolute atomic E-state index is 0.0155. The summed E-state index contributed by atoms with van der Waals surface area (Å²) >= 11 is 0. The number of hydrogen-bond donors (Lipinski definition) is 2. The molecule has 176 valence electrons. The number of carbonyl (C=O) groups excluding carboxylic acids is 1. The Hall–Kier alpha value is -2.37. The monoisotopic (exact) mass is 449 g/mol. The van der Waals surface area contributed by atoms with E-state index in [1.165, 1.54) is 5.56 Å². The average Bonchev–Trinajstić information content (AvgIpc) is 3.31. The molecule has 3 fully saturated rings. The van der Waals surface area contributed by atoms with Crippen molar-refractivity contribution in [1.82, 2.24) is 5.32 Å². The van der Waals surface area contributed by atoms with Gasteiger partial charge in [0.2, 0.25) is 5.91 Å². The van der Waals surface area contributed by atoms with Crippen LogP contribution in [0.2, 0.25) is 0 Å². The summed E-state index contributed by atoms with van der Waals surface area (Å²) < 4.78 is 12.2. The van der Waals surface area contributed by atoms with Gasteiger partial charge in [0.15, 0.2) is 0 Å². The van der Waals surface area contributed by atoms with E-state index in [0.29, 0.717) is 18.4 Å². The molecule has 33 heavy (non-hydrogen) atoms. The summed E-state index contributed by atoms with van der Waals surface area (Å²) in [6, 6.07) is 16.8. The number of ether oxygens (including phenoxy) is 2. The molecular formula is C28H35NO4. The van der Waals surface area contributed by atoms with Gasteiger partial charge in [0.05, 0.1) is 19.8 Å². The molecule has 5 rings (SSSR count). The first-order chi connectivity index (χ1) is 15.9. The maximum Gasteiger partial charge on any atom is 0.222 e. The van der Waals surface area contributed by atoms with Gasteiger partial charge in [0, 0.05) is 24.6 Å². The Labute approximate surface area is 196 Å². The first-order valence-corrected chi connectivity index (χ1v) is 12.2. The van der Waals surface area contributed by atoms with Crippen LogP contribution in [0.15, 0.2) is 48.5 Å². The van der Waals surface area contributed by atoms with Gasteiger partial charge in [-0.25, -0.2) is 0 Å². The molecule has 5 atom stereocenters. The van der Waals surface area contributed by atoms with E-state index in [-0.39, 0.29) is 41.9 Å². The lowest BCUT2D eigenvalue weighted by atomic mass is 9.58. The Morgan fingerprint density at radius 3 is 2.64 bits per heavy atom. The SMILES string of the molecule is COc1ccccc1-c1ccccc1[C@H]1OCCC23C[C@@H](C[C@H]12)C(C)(C)[C@@H]3NC(=O)CCO. The molecule has 1 amide bonds. The van der Waals surface area contributed by atoms with Crippen molar-refractivity contribution >= 4 is 5.91 Å².